The van der Waals surface area contributed by atoms with Gasteiger partial charge in [0.25, 0.3) is 11.8 Å². The molecule has 3 amide bonds. The summed E-state index contributed by atoms with van der Waals surface area (Å²) in [6.45, 7) is 0.720. The van der Waals surface area contributed by atoms with Gasteiger partial charge in [0, 0.05) is 59.0 Å². The van der Waals surface area contributed by atoms with Crippen LogP contribution in [0.2, 0.25) is 5.02 Å². The van der Waals surface area contributed by atoms with Crippen LogP contribution in [0.3, 0.4) is 0 Å². The molecule has 2 atom stereocenters. The fourth-order valence-electron chi connectivity index (χ4n) is 5.09. The van der Waals surface area contributed by atoms with Gasteiger partial charge in [-0.2, -0.15) is 0 Å². The number of hydrogen-bond donors (Lipinski definition) is 3. The molecule has 2 aliphatic rings. The standard InChI is InChI=1S/C27H29ClN4O3/c28-21-16-29-24-15-18(10-13-20(21)24)27(35)31-23-6-4-5-22(23)30-26(34)17-8-11-19(12-9-17)32-14-3-1-2-7-25(32)33/h8-13,15-16,22-23,29H,1-7,14H2,(H,30,34)(H,31,35)/t22-,23+/m0/s1. The van der Waals surface area contributed by atoms with Crippen molar-refractivity contribution in [1.29, 1.82) is 0 Å². The molecule has 3 N–H and O–H groups in total. The van der Waals surface area contributed by atoms with Crippen LogP contribution in [0.4, 0.5) is 5.69 Å². The van der Waals surface area contributed by atoms with Crippen LogP contribution in [-0.4, -0.2) is 41.3 Å². The van der Waals surface area contributed by atoms with Gasteiger partial charge in [0.05, 0.1) is 5.02 Å². The highest BCUT2D eigenvalue weighted by Gasteiger charge is 2.30. The minimum atomic E-state index is -0.174. The minimum Gasteiger partial charge on any atom is -0.360 e. The molecule has 2 heterocycles. The highest BCUT2D eigenvalue weighted by molar-refractivity contribution is 6.35. The summed E-state index contributed by atoms with van der Waals surface area (Å²) in [4.78, 5) is 43.1. The fraction of sp³-hybridized carbons (Fsp3) is 0.370. The third-order valence-corrected chi connectivity index (χ3v) is 7.37. The van der Waals surface area contributed by atoms with Crippen molar-refractivity contribution in [1.82, 2.24) is 15.6 Å². The Kier molecular flexibility index (Phi) is 6.77. The first kappa shape index (κ1) is 23.4. The molecule has 0 unspecified atom stereocenters. The molecule has 1 aliphatic carbocycles. The van der Waals surface area contributed by atoms with Crippen LogP contribution >= 0.6 is 11.6 Å². The van der Waals surface area contributed by atoms with E-state index in [2.05, 4.69) is 15.6 Å². The molecule has 0 spiro atoms. The number of fused-ring (bicyclic) bond motifs is 1. The highest BCUT2D eigenvalue weighted by Crippen LogP contribution is 2.25. The Morgan fingerprint density at radius 3 is 2.31 bits per heavy atom. The number of nitrogens with zero attached hydrogens (tertiary/aromatic N) is 1. The molecule has 35 heavy (non-hydrogen) atoms. The highest BCUT2D eigenvalue weighted by atomic mass is 35.5. The number of rotatable bonds is 5. The Morgan fingerprint density at radius 2 is 1.57 bits per heavy atom. The molecule has 1 saturated carbocycles. The Balaban J connectivity index is 1.21. The summed E-state index contributed by atoms with van der Waals surface area (Å²) in [5.74, 6) is -0.203. The number of halogens is 1. The average Bonchev–Trinajstić information content (AvgIpc) is 3.39. The molecule has 182 valence electrons. The predicted octanol–water partition coefficient (Wildman–Crippen LogP) is 4.81. The molecule has 0 radical (unpaired) electrons. The summed E-state index contributed by atoms with van der Waals surface area (Å²) in [7, 11) is 0. The monoisotopic (exact) mass is 492 g/mol. The van der Waals surface area contributed by atoms with Crippen molar-refractivity contribution in [3.8, 4) is 0 Å². The van der Waals surface area contributed by atoms with Crippen LogP contribution in [0, 0.1) is 0 Å². The number of nitrogens with one attached hydrogen (secondary N) is 3. The van der Waals surface area contributed by atoms with Crippen LogP contribution in [-0.2, 0) is 4.79 Å². The lowest BCUT2D eigenvalue weighted by Gasteiger charge is -2.23. The normalized spacial score (nSPS) is 20.6. The molecule has 2 fully saturated rings. The average molecular weight is 493 g/mol. The molecule has 1 aliphatic heterocycles. The SMILES string of the molecule is O=C(N[C@H]1CCC[C@H]1NC(=O)c1ccc2c(Cl)c[nH]c2c1)c1ccc(N2CCCCCC2=O)cc1. The van der Waals surface area contributed by atoms with Gasteiger partial charge in [-0.3, -0.25) is 14.4 Å². The maximum atomic E-state index is 12.9. The summed E-state index contributed by atoms with van der Waals surface area (Å²) in [6, 6.07) is 12.3. The van der Waals surface area contributed by atoms with E-state index in [9.17, 15) is 14.4 Å². The van der Waals surface area contributed by atoms with E-state index in [1.54, 1.807) is 30.5 Å². The molecule has 0 bridgehead atoms. The van der Waals surface area contributed by atoms with Crippen LogP contribution < -0.4 is 15.5 Å². The van der Waals surface area contributed by atoms with Crippen LogP contribution in [0.15, 0.2) is 48.7 Å². The molecular formula is C27H29ClN4O3. The van der Waals surface area contributed by atoms with E-state index in [0.29, 0.717) is 22.6 Å². The van der Waals surface area contributed by atoms with Crippen molar-refractivity contribution < 1.29 is 14.4 Å². The number of H-pyrrole nitrogens is 1. The van der Waals surface area contributed by atoms with Gasteiger partial charge in [0.15, 0.2) is 0 Å². The van der Waals surface area contributed by atoms with E-state index < -0.39 is 0 Å². The van der Waals surface area contributed by atoms with Gasteiger partial charge in [0.2, 0.25) is 5.91 Å². The molecule has 2 aromatic carbocycles. The summed E-state index contributed by atoms with van der Waals surface area (Å²) in [5.41, 5.74) is 2.73. The number of benzene rings is 2. The Morgan fingerprint density at radius 1 is 0.886 bits per heavy atom. The topological polar surface area (TPSA) is 94.3 Å². The lowest BCUT2D eigenvalue weighted by Crippen LogP contribution is -2.48. The summed E-state index contributed by atoms with van der Waals surface area (Å²) < 4.78 is 0. The molecule has 7 nitrogen and oxygen atoms in total. The van der Waals surface area contributed by atoms with Gasteiger partial charge in [-0.15, -0.1) is 0 Å². The van der Waals surface area contributed by atoms with Crippen molar-refractivity contribution >= 4 is 45.9 Å². The van der Waals surface area contributed by atoms with Gasteiger partial charge in [-0.1, -0.05) is 24.1 Å². The second-order valence-electron chi connectivity index (χ2n) is 9.39. The molecule has 1 saturated heterocycles. The Bertz CT molecular complexity index is 1250. The summed E-state index contributed by atoms with van der Waals surface area (Å²) in [5, 5.41) is 7.68. The molecule has 3 aromatic rings. The van der Waals surface area contributed by atoms with E-state index >= 15 is 0 Å². The number of aromatic nitrogens is 1. The second kappa shape index (κ2) is 10.1. The zero-order valence-electron chi connectivity index (χ0n) is 19.5. The summed E-state index contributed by atoms with van der Waals surface area (Å²) in [6.07, 6.45) is 7.82. The third-order valence-electron chi connectivity index (χ3n) is 7.06. The number of hydrogen-bond acceptors (Lipinski definition) is 3. The second-order valence-corrected chi connectivity index (χ2v) is 9.80. The quantitative estimate of drug-likeness (QED) is 0.477. The number of amides is 3. The number of carbonyl (C=O) groups excluding carboxylic acids is 3. The lowest BCUT2D eigenvalue weighted by molar-refractivity contribution is -0.118. The Labute approximate surface area is 209 Å². The molecule has 8 heteroatoms. The van der Waals surface area contributed by atoms with Gasteiger partial charge in [-0.05, 0) is 68.5 Å². The van der Waals surface area contributed by atoms with E-state index in [4.69, 9.17) is 11.6 Å². The lowest BCUT2D eigenvalue weighted by atomic mass is 10.1. The number of aromatic amines is 1. The smallest absolute Gasteiger partial charge is 0.251 e. The number of carbonyl (C=O) groups is 3. The first-order valence-corrected chi connectivity index (χ1v) is 12.7. The summed E-state index contributed by atoms with van der Waals surface area (Å²) >= 11 is 6.13. The maximum Gasteiger partial charge on any atom is 0.251 e. The van der Waals surface area contributed by atoms with Crippen molar-refractivity contribution in [3.63, 3.8) is 0 Å². The first-order valence-electron chi connectivity index (χ1n) is 12.3. The van der Waals surface area contributed by atoms with Crippen LogP contribution in [0.25, 0.3) is 10.9 Å². The maximum absolute atomic E-state index is 12.9. The van der Waals surface area contributed by atoms with E-state index in [0.717, 1.165) is 61.7 Å². The molecule has 5 rings (SSSR count). The fourth-order valence-corrected chi connectivity index (χ4v) is 5.31. The van der Waals surface area contributed by atoms with Crippen molar-refractivity contribution in [2.45, 2.75) is 57.0 Å². The Hall–Kier alpha value is -3.32. The molecular weight excluding hydrogens is 464 g/mol. The van der Waals surface area contributed by atoms with E-state index in [1.165, 1.54) is 0 Å². The van der Waals surface area contributed by atoms with Gasteiger partial charge in [-0.25, -0.2) is 0 Å². The van der Waals surface area contributed by atoms with Gasteiger partial charge in [0.1, 0.15) is 0 Å². The predicted molar refractivity (Wildman–Crippen MR) is 137 cm³/mol. The largest absolute Gasteiger partial charge is 0.360 e. The zero-order valence-corrected chi connectivity index (χ0v) is 20.2. The number of anilines is 1. The first-order chi connectivity index (χ1) is 17.0. The van der Waals surface area contributed by atoms with Crippen molar-refractivity contribution in [2.75, 3.05) is 11.4 Å². The third kappa shape index (κ3) is 5.05. The van der Waals surface area contributed by atoms with Crippen LogP contribution in [0.1, 0.15) is 65.7 Å². The minimum absolute atomic E-state index is 0.136. The van der Waals surface area contributed by atoms with E-state index in [1.807, 2.05) is 23.1 Å². The zero-order chi connectivity index (χ0) is 24.4. The van der Waals surface area contributed by atoms with Crippen molar-refractivity contribution in [2.24, 2.45) is 0 Å². The molecule has 1 aromatic heterocycles. The van der Waals surface area contributed by atoms with Gasteiger partial charge >= 0.3 is 0 Å². The van der Waals surface area contributed by atoms with Crippen molar-refractivity contribution in [3.05, 3.63) is 64.8 Å². The van der Waals surface area contributed by atoms with Gasteiger partial charge < -0.3 is 20.5 Å². The van der Waals surface area contributed by atoms with Crippen LogP contribution in [0.5, 0.6) is 0 Å². The van der Waals surface area contributed by atoms with E-state index in [-0.39, 0.29) is 29.8 Å².